The molecule has 3 nitrogen and oxygen atoms in total. The molecule has 2 aromatic carbocycles. The Morgan fingerprint density at radius 3 is 2.70 bits per heavy atom. The van der Waals surface area contributed by atoms with Gasteiger partial charge in [-0.15, -0.1) is 0 Å². The molecule has 0 radical (unpaired) electrons. The van der Waals surface area contributed by atoms with Crippen LogP contribution in [0.3, 0.4) is 0 Å². The second-order valence-electron chi connectivity index (χ2n) is 4.63. The number of urea groups is 1. The van der Waals surface area contributed by atoms with Crippen LogP contribution in [0.5, 0.6) is 0 Å². The number of aryl methyl sites for hydroxylation is 1. The fourth-order valence-electron chi connectivity index (χ4n) is 1.91. The average molecular weight is 272 g/mol. The highest BCUT2D eigenvalue weighted by Crippen LogP contribution is 2.09. The maximum absolute atomic E-state index is 13.0. The molecule has 2 aromatic rings. The van der Waals surface area contributed by atoms with E-state index in [0.29, 0.717) is 13.0 Å². The van der Waals surface area contributed by atoms with Crippen molar-refractivity contribution in [3.05, 3.63) is 65.5 Å². The molecule has 0 fully saturated rings. The van der Waals surface area contributed by atoms with Crippen molar-refractivity contribution in [1.29, 1.82) is 0 Å². The van der Waals surface area contributed by atoms with Crippen LogP contribution in [0.4, 0.5) is 14.9 Å². The zero-order chi connectivity index (χ0) is 14.4. The van der Waals surface area contributed by atoms with Crippen LogP contribution in [0.1, 0.15) is 11.1 Å². The molecule has 20 heavy (non-hydrogen) atoms. The van der Waals surface area contributed by atoms with Crippen LogP contribution >= 0.6 is 0 Å². The summed E-state index contributed by atoms with van der Waals surface area (Å²) >= 11 is 0. The van der Waals surface area contributed by atoms with Gasteiger partial charge in [-0.3, -0.25) is 0 Å². The summed E-state index contributed by atoms with van der Waals surface area (Å²) in [7, 11) is 0. The van der Waals surface area contributed by atoms with Crippen molar-refractivity contribution in [2.75, 3.05) is 11.9 Å². The van der Waals surface area contributed by atoms with Crippen molar-refractivity contribution in [1.82, 2.24) is 5.32 Å². The molecule has 0 saturated heterocycles. The molecular formula is C16H17FN2O. The van der Waals surface area contributed by atoms with Gasteiger partial charge in [0, 0.05) is 12.2 Å². The van der Waals surface area contributed by atoms with Gasteiger partial charge in [0.25, 0.3) is 0 Å². The van der Waals surface area contributed by atoms with Gasteiger partial charge in [-0.25, -0.2) is 9.18 Å². The Morgan fingerprint density at radius 2 is 1.95 bits per heavy atom. The van der Waals surface area contributed by atoms with Crippen molar-refractivity contribution >= 4 is 11.7 Å². The summed E-state index contributed by atoms with van der Waals surface area (Å²) in [6.07, 6.45) is 0.596. The number of anilines is 1. The van der Waals surface area contributed by atoms with Crippen LogP contribution < -0.4 is 10.6 Å². The summed E-state index contributed by atoms with van der Waals surface area (Å²) in [5, 5.41) is 5.50. The van der Waals surface area contributed by atoms with E-state index in [4.69, 9.17) is 0 Å². The zero-order valence-electron chi connectivity index (χ0n) is 11.3. The van der Waals surface area contributed by atoms with E-state index >= 15 is 0 Å². The SMILES string of the molecule is Cc1cccc(NC(=O)NCCc2cccc(F)c2)c1. The summed E-state index contributed by atoms with van der Waals surface area (Å²) in [4.78, 5) is 11.7. The number of hydrogen-bond donors (Lipinski definition) is 2. The van der Waals surface area contributed by atoms with E-state index in [0.717, 1.165) is 16.8 Å². The van der Waals surface area contributed by atoms with E-state index in [-0.39, 0.29) is 11.8 Å². The minimum Gasteiger partial charge on any atom is -0.338 e. The molecule has 0 heterocycles. The molecule has 0 aliphatic rings. The van der Waals surface area contributed by atoms with Gasteiger partial charge in [0.15, 0.2) is 0 Å². The Labute approximate surface area is 117 Å². The summed E-state index contributed by atoms with van der Waals surface area (Å²) < 4.78 is 13.0. The lowest BCUT2D eigenvalue weighted by molar-refractivity contribution is 0.252. The van der Waals surface area contributed by atoms with Crippen molar-refractivity contribution < 1.29 is 9.18 Å². The fourth-order valence-corrected chi connectivity index (χ4v) is 1.91. The molecule has 0 saturated carbocycles. The number of nitrogens with one attached hydrogen (secondary N) is 2. The van der Waals surface area contributed by atoms with Gasteiger partial charge in [-0.1, -0.05) is 24.3 Å². The number of carbonyl (C=O) groups excluding carboxylic acids is 1. The van der Waals surface area contributed by atoms with Crippen molar-refractivity contribution in [3.8, 4) is 0 Å². The van der Waals surface area contributed by atoms with E-state index in [1.54, 1.807) is 6.07 Å². The van der Waals surface area contributed by atoms with Crippen molar-refractivity contribution in [3.63, 3.8) is 0 Å². The maximum atomic E-state index is 13.0. The summed E-state index contributed by atoms with van der Waals surface area (Å²) in [6, 6.07) is 13.7. The summed E-state index contributed by atoms with van der Waals surface area (Å²) in [6.45, 7) is 2.42. The van der Waals surface area contributed by atoms with E-state index in [1.165, 1.54) is 12.1 Å². The van der Waals surface area contributed by atoms with E-state index < -0.39 is 0 Å². The smallest absolute Gasteiger partial charge is 0.319 e. The van der Waals surface area contributed by atoms with Crippen LogP contribution in [-0.2, 0) is 6.42 Å². The molecule has 4 heteroatoms. The quantitative estimate of drug-likeness (QED) is 0.878. The lowest BCUT2D eigenvalue weighted by Gasteiger charge is -2.08. The monoisotopic (exact) mass is 272 g/mol. The largest absolute Gasteiger partial charge is 0.338 e. The Balaban J connectivity index is 1.78. The highest BCUT2D eigenvalue weighted by atomic mass is 19.1. The van der Waals surface area contributed by atoms with Gasteiger partial charge in [-0.05, 0) is 48.7 Å². The van der Waals surface area contributed by atoms with E-state index in [2.05, 4.69) is 10.6 Å². The summed E-state index contributed by atoms with van der Waals surface area (Å²) in [5.41, 5.74) is 2.71. The second-order valence-corrected chi connectivity index (χ2v) is 4.63. The van der Waals surface area contributed by atoms with E-state index in [1.807, 2.05) is 37.3 Å². The highest BCUT2D eigenvalue weighted by molar-refractivity contribution is 5.89. The third kappa shape index (κ3) is 4.39. The van der Waals surface area contributed by atoms with Gasteiger partial charge in [0.05, 0.1) is 0 Å². The predicted octanol–water partition coefficient (Wildman–Crippen LogP) is 3.50. The van der Waals surface area contributed by atoms with Crippen LogP contribution in [0.25, 0.3) is 0 Å². The summed E-state index contributed by atoms with van der Waals surface area (Å²) in [5.74, 6) is -0.258. The van der Waals surface area contributed by atoms with Gasteiger partial charge < -0.3 is 10.6 Å². The fraction of sp³-hybridized carbons (Fsp3) is 0.188. The number of carbonyl (C=O) groups is 1. The first-order valence-electron chi connectivity index (χ1n) is 6.49. The normalized spacial score (nSPS) is 10.1. The number of benzene rings is 2. The molecule has 2 amide bonds. The Bertz CT molecular complexity index is 599. The Morgan fingerprint density at radius 1 is 1.15 bits per heavy atom. The zero-order valence-corrected chi connectivity index (χ0v) is 11.3. The molecule has 0 bridgehead atoms. The standard InChI is InChI=1S/C16H17FN2O/c1-12-4-2-7-15(10-12)19-16(20)18-9-8-13-5-3-6-14(17)11-13/h2-7,10-11H,8-9H2,1H3,(H2,18,19,20). The highest BCUT2D eigenvalue weighted by Gasteiger charge is 2.01. The first kappa shape index (κ1) is 14.1. The van der Waals surface area contributed by atoms with Crippen LogP contribution in [0.15, 0.2) is 48.5 Å². The third-order valence-electron chi connectivity index (χ3n) is 2.86. The Hall–Kier alpha value is -2.36. The molecule has 0 aliphatic heterocycles. The minimum absolute atomic E-state index is 0.257. The number of rotatable bonds is 4. The molecule has 0 spiro atoms. The van der Waals surface area contributed by atoms with Gasteiger partial charge >= 0.3 is 6.03 Å². The molecule has 0 atom stereocenters. The number of amides is 2. The molecular weight excluding hydrogens is 255 g/mol. The molecule has 0 aromatic heterocycles. The van der Waals surface area contributed by atoms with Crippen molar-refractivity contribution in [2.45, 2.75) is 13.3 Å². The van der Waals surface area contributed by atoms with Gasteiger partial charge in [-0.2, -0.15) is 0 Å². The Kier molecular flexibility index (Phi) is 4.71. The molecule has 104 valence electrons. The number of hydrogen-bond acceptors (Lipinski definition) is 1. The first-order valence-corrected chi connectivity index (χ1v) is 6.49. The minimum atomic E-state index is -0.258. The van der Waals surface area contributed by atoms with Gasteiger partial charge in [0.1, 0.15) is 5.82 Å². The van der Waals surface area contributed by atoms with Crippen LogP contribution in [-0.4, -0.2) is 12.6 Å². The molecule has 2 N–H and O–H groups in total. The van der Waals surface area contributed by atoms with E-state index in [9.17, 15) is 9.18 Å². The van der Waals surface area contributed by atoms with Crippen LogP contribution in [0.2, 0.25) is 0 Å². The number of halogens is 1. The first-order chi connectivity index (χ1) is 9.63. The van der Waals surface area contributed by atoms with Crippen molar-refractivity contribution in [2.24, 2.45) is 0 Å². The lowest BCUT2D eigenvalue weighted by atomic mass is 10.1. The van der Waals surface area contributed by atoms with Crippen LogP contribution in [0, 0.1) is 12.7 Å². The third-order valence-corrected chi connectivity index (χ3v) is 2.86. The lowest BCUT2D eigenvalue weighted by Crippen LogP contribution is -2.30. The average Bonchev–Trinajstić information content (AvgIpc) is 2.38. The predicted molar refractivity (Wildman–Crippen MR) is 78.3 cm³/mol. The molecule has 2 rings (SSSR count). The second kappa shape index (κ2) is 6.70. The molecule has 0 aliphatic carbocycles. The maximum Gasteiger partial charge on any atom is 0.319 e. The molecule has 0 unspecified atom stereocenters. The topological polar surface area (TPSA) is 41.1 Å². The van der Waals surface area contributed by atoms with Gasteiger partial charge in [0.2, 0.25) is 0 Å².